The summed E-state index contributed by atoms with van der Waals surface area (Å²) in [5.41, 5.74) is 5.60. The van der Waals surface area contributed by atoms with E-state index in [1.807, 2.05) is 20.8 Å². The van der Waals surface area contributed by atoms with Gasteiger partial charge in [0, 0.05) is 38.9 Å². The zero-order valence-electron chi connectivity index (χ0n) is 17.0. The number of amides is 3. The number of benzene rings is 1. The Bertz CT molecular complexity index is 826. The van der Waals surface area contributed by atoms with Crippen LogP contribution in [-0.4, -0.2) is 72.4 Å². The monoisotopic (exact) mass is 423 g/mol. The summed E-state index contributed by atoms with van der Waals surface area (Å²) in [5, 5.41) is 2.76. The molecule has 0 radical (unpaired) electrons. The van der Waals surface area contributed by atoms with E-state index in [0.29, 0.717) is 37.4 Å². The van der Waals surface area contributed by atoms with Crippen molar-refractivity contribution in [2.75, 3.05) is 38.5 Å². The fraction of sp³-hybridized carbons (Fsp3) is 0.474. The number of ether oxygens (including phenoxy) is 1. The van der Waals surface area contributed by atoms with Gasteiger partial charge in [0.15, 0.2) is 5.84 Å². The normalized spacial score (nSPS) is 15.1. The van der Waals surface area contributed by atoms with Crippen LogP contribution in [0, 0.1) is 0 Å². The Morgan fingerprint density at radius 3 is 2.24 bits per heavy atom. The molecule has 9 nitrogen and oxygen atoms in total. The van der Waals surface area contributed by atoms with Crippen LogP contribution in [0.1, 0.15) is 31.1 Å². The average molecular weight is 424 g/mol. The summed E-state index contributed by atoms with van der Waals surface area (Å²) in [6, 6.07) is 4.59. The molecule has 0 bridgehead atoms. The summed E-state index contributed by atoms with van der Waals surface area (Å²) in [7, 11) is 1.41. The first-order valence-corrected chi connectivity index (χ1v) is 9.50. The van der Waals surface area contributed by atoms with Crippen LogP contribution in [-0.2, 0) is 9.53 Å². The van der Waals surface area contributed by atoms with Gasteiger partial charge in [0.25, 0.3) is 11.8 Å². The number of halogens is 1. The number of carbonyl (C=O) groups excluding carboxylic acids is 3. The molecule has 0 saturated carbocycles. The molecule has 10 heteroatoms. The lowest BCUT2D eigenvalue weighted by Crippen LogP contribution is -2.51. The van der Waals surface area contributed by atoms with E-state index >= 15 is 0 Å². The van der Waals surface area contributed by atoms with Crippen LogP contribution in [0.5, 0.6) is 0 Å². The van der Waals surface area contributed by atoms with Gasteiger partial charge >= 0.3 is 6.09 Å². The molecule has 1 fully saturated rings. The first kappa shape index (κ1) is 22.5. The molecular weight excluding hydrogens is 398 g/mol. The fourth-order valence-electron chi connectivity index (χ4n) is 2.65. The fourth-order valence-corrected chi connectivity index (χ4v) is 2.91. The minimum absolute atomic E-state index is 0.163. The van der Waals surface area contributed by atoms with Crippen LogP contribution in [0.25, 0.3) is 0 Å². The van der Waals surface area contributed by atoms with E-state index in [2.05, 4.69) is 10.3 Å². The zero-order valence-corrected chi connectivity index (χ0v) is 17.7. The van der Waals surface area contributed by atoms with Crippen LogP contribution in [0.4, 0.5) is 10.5 Å². The highest BCUT2D eigenvalue weighted by Crippen LogP contribution is 2.23. The van der Waals surface area contributed by atoms with Crippen LogP contribution >= 0.6 is 11.6 Å². The van der Waals surface area contributed by atoms with E-state index in [1.54, 1.807) is 21.9 Å². The van der Waals surface area contributed by atoms with Gasteiger partial charge in [0.1, 0.15) is 5.60 Å². The zero-order chi connectivity index (χ0) is 21.8. The highest BCUT2D eigenvalue weighted by Gasteiger charge is 2.28. The van der Waals surface area contributed by atoms with E-state index < -0.39 is 17.6 Å². The van der Waals surface area contributed by atoms with Crippen molar-refractivity contribution < 1.29 is 19.1 Å². The molecular formula is C19H26ClN5O4. The third-order valence-electron chi connectivity index (χ3n) is 4.15. The Hall–Kier alpha value is -2.81. The summed E-state index contributed by atoms with van der Waals surface area (Å²) < 4.78 is 5.36. The lowest BCUT2D eigenvalue weighted by atomic mass is 10.1. The lowest BCUT2D eigenvalue weighted by molar-refractivity contribution is -0.110. The SMILES string of the molecule is CN=C(N)C(=O)Nc1ccc(C(=O)N2CCN(C(=O)OC(C)(C)C)CC2)c(Cl)c1. The smallest absolute Gasteiger partial charge is 0.410 e. The lowest BCUT2D eigenvalue weighted by Gasteiger charge is -2.35. The Morgan fingerprint density at radius 1 is 1.14 bits per heavy atom. The Morgan fingerprint density at radius 2 is 1.72 bits per heavy atom. The standard InChI is InChI=1S/C19H26ClN5O4/c1-19(2,3)29-18(28)25-9-7-24(8-10-25)17(27)13-6-5-12(11-14(13)20)23-16(26)15(21)22-4/h5-6,11H,7-10H2,1-4H3,(H2,21,22)(H,23,26). The number of hydrogen-bond donors (Lipinski definition) is 2. The molecule has 1 aromatic carbocycles. The molecule has 1 aliphatic rings. The summed E-state index contributed by atoms with van der Waals surface area (Å²) in [5.74, 6) is -0.962. The van der Waals surface area contributed by atoms with Crippen molar-refractivity contribution in [3.63, 3.8) is 0 Å². The highest BCUT2D eigenvalue weighted by molar-refractivity contribution is 6.41. The van der Waals surface area contributed by atoms with E-state index in [-0.39, 0.29) is 16.8 Å². The van der Waals surface area contributed by atoms with E-state index in [1.165, 1.54) is 13.1 Å². The van der Waals surface area contributed by atoms with Gasteiger partial charge in [0.2, 0.25) is 0 Å². The maximum atomic E-state index is 12.8. The topological polar surface area (TPSA) is 117 Å². The molecule has 0 aromatic heterocycles. The van der Waals surface area contributed by atoms with Gasteiger partial charge in [-0.2, -0.15) is 0 Å². The molecule has 1 aliphatic heterocycles. The number of amidine groups is 1. The Labute approximate surface area is 174 Å². The van der Waals surface area contributed by atoms with Crippen molar-refractivity contribution >= 4 is 41.0 Å². The average Bonchev–Trinajstić information content (AvgIpc) is 2.65. The van der Waals surface area contributed by atoms with Gasteiger partial charge in [-0.1, -0.05) is 11.6 Å². The van der Waals surface area contributed by atoms with Crippen molar-refractivity contribution in [3.8, 4) is 0 Å². The largest absolute Gasteiger partial charge is 0.444 e. The number of anilines is 1. The van der Waals surface area contributed by atoms with E-state index in [0.717, 1.165) is 0 Å². The van der Waals surface area contributed by atoms with E-state index in [4.69, 9.17) is 22.1 Å². The summed E-state index contributed by atoms with van der Waals surface area (Å²) in [6.45, 7) is 6.92. The minimum Gasteiger partial charge on any atom is -0.444 e. The van der Waals surface area contributed by atoms with Crippen molar-refractivity contribution in [3.05, 3.63) is 28.8 Å². The third-order valence-corrected chi connectivity index (χ3v) is 4.46. The molecule has 3 N–H and O–H groups in total. The van der Waals surface area contributed by atoms with Crippen molar-refractivity contribution in [1.82, 2.24) is 9.80 Å². The number of nitrogens with zero attached hydrogens (tertiary/aromatic N) is 3. The molecule has 0 aliphatic carbocycles. The van der Waals surface area contributed by atoms with Gasteiger partial charge in [-0.05, 0) is 39.0 Å². The second kappa shape index (κ2) is 9.13. The summed E-state index contributed by atoms with van der Waals surface area (Å²) in [4.78, 5) is 43.5. The van der Waals surface area contributed by atoms with Gasteiger partial charge in [-0.3, -0.25) is 14.6 Å². The number of nitrogens with two attached hydrogens (primary N) is 1. The number of aliphatic imine (C=N–C) groups is 1. The second-order valence-electron chi connectivity index (χ2n) is 7.52. The molecule has 1 aromatic rings. The van der Waals surface area contributed by atoms with Crippen molar-refractivity contribution in [1.29, 1.82) is 0 Å². The van der Waals surface area contributed by atoms with Crippen LogP contribution in [0.3, 0.4) is 0 Å². The number of nitrogens with one attached hydrogen (secondary N) is 1. The van der Waals surface area contributed by atoms with Crippen molar-refractivity contribution in [2.24, 2.45) is 10.7 Å². The minimum atomic E-state index is -0.567. The van der Waals surface area contributed by atoms with Crippen LogP contribution < -0.4 is 11.1 Å². The van der Waals surface area contributed by atoms with Gasteiger partial charge in [0.05, 0.1) is 10.6 Å². The molecule has 29 heavy (non-hydrogen) atoms. The Balaban J connectivity index is 1.99. The van der Waals surface area contributed by atoms with Crippen LogP contribution in [0.2, 0.25) is 5.02 Å². The Kier molecular flexibility index (Phi) is 7.07. The predicted octanol–water partition coefficient (Wildman–Crippen LogP) is 1.96. The van der Waals surface area contributed by atoms with Crippen molar-refractivity contribution in [2.45, 2.75) is 26.4 Å². The first-order chi connectivity index (χ1) is 13.5. The quantitative estimate of drug-likeness (QED) is 0.557. The predicted molar refractivity (Wildman–Crippen MR) is 111 cm³/mol. The van der Waals surface area contributed by atoms with Crippen LogP contribution in [0.15, 0.2) is 23.2 Å². The van der Waals surface area contributed by atoms with E-state index in [9.17, 15) is 14.4 Å². The maximum absolute atomic E-state index is 12.8. The first-order valence-electron chi connectivity index (χ1n) is 9.12. The number of carbonyl (C=O) groups is 3. The molecule has 1 heterocycles. The molecule has 1 saturated heterocycles. The molecule has 0 atom stereocenters. The van der Waals surface area contributed by atoms with Gasteiger partial charge in [-0.15, -0.1) is 0 Å². The second-order valence-corrected chi connectivity index (χ2v) is 7.92. The number of rotatable bonds is 2. The highest BCUT2D eigenvalue weighted by atomic mass is 35.5. The maximum Gasteiger partial charge on any atom is 0.410 e. The third kappa shape index (κ3) is 6.08. The van der Waals surface area contributed by atoms with Gasteiger partial charge in [-0.25, -0.2) is 4.79 Å². The molecule has 0 spiro atoms. The molecule has 158 valence electrons. The van der Waals surface area contributed by atoms with Gasteiger partial charge < -0.3 is 25.6 Å². The number of piperazine rings is 1. The summed E-state index contributed by atoms with van der Waals surface area (Å²) >= 11 is 6.25. The molecule has 0 unspecified atom stereocenters. The number of hydrogen-bond acceptors (Lipinski definition) is 5. The molecule has 3 amide bonds. The molecule has 2 rings (SSSR count). The summed E-state index contributed by atoms with van der Waals surface area (Å²) in [6.07, 6.45) is -0.391.